The van der Waals surface area contributed by atoms with E-state index in [1.807, 2.05) is 0 Å². The number of nitrogens with zero attached hydrogens (tertiary/aromatic N) is 3. The molecule has 0 spiro atoms. The molecule has 0 aromatic carbocycles. The van der Waals surface area contributed by atoms with Gasteiger partial charge >= 0.3 is 136 Å². The van der Waals surface area contributed by atoms with Gasteiger partial charge in [-0.3, -0.25) is 38.7 Å². The van der Waals surface area contributed by atoms with Crippen LogP contribution in [0.5, 0.6) is 0 Å². The van der Waals surface area contributed by atoms with Crippen LogP contribution in [0.25, 0.3) is 0 Å². The molecular weight excluding hydrogens is 585 g/mol. The second-order valence-corrected chi connectivity index (χ2v) is 5.67. The summed E-state index contributed by atoms with van der Waals surface area (Å²) in [4.78, 5) is 57.6. The summed E-state index contributed by atoms with van der Waals surface area (Å²) < 4.78 is 0. The molecule has 5 N–H and O–H groups in total. The number of carboxylic acids is 5. The molecule has 13 nitrogen and oxygen atoms in total. The van der Waals surface area contributed by atoms with Gasteiger partial charge in [0.1, 0.15) is 0 Å². The van der Waals surface area contributed by atoms with Crippen molar-refractivity contribution in [3.63, 3.8) is 0 Å². The summed E-state index contributed by atoms with van der Waals surface area (Å²) in [7, 11) is 0. The molecule has 0 amide bonds. The standard InChI is InChI=1S/C14H23N3O10.2Na.Yb/c18-10(19)5-15(1-3-16(6-11(20)21)7-12(22)23)2-4-17(8-13(24)25)9-14(26)27;;;/h1-9H2,(H,18,19)(H,20,21)(H,22,23)(H,24,25)(H,26,27);;;/q;2*+1;+3/i;;;1-4. The zero-order valence-electron chi connectivity index (χ0n) is 16.8. The van der Waals surface area contributed by atoms with Gasteiger partial charge in [0, 0.05) is 26.2 Å². The monoisotopic (exact) mass is 608 g/mol. The molecule has 0 aliphatic carbocycles. The predicted octanol–water partition coefficient (Wildman–Crippen LogP) is -8.68. The second kappa shape index (κ2) is 21.6. The van der Waals surface area contributed by atoms with Crippen LogP contribution in [-0.2, 0) is 24.0 Å². The smallest absolute Gasteiger partial charge is 0.480 e. The van der Waals surface area contributed by atoms with Crippen LogP contribution in [-0.4, -0.2) is 129 Å². The van der Waals surface area contributed by atoms with Gasteiger partial charge < -0.3 is 25.5 Å². The summed E-state index contributed by atoms with van der Waals surface area (Å²) in [5.74, 6) is -6.16. The van der Waals surface area contributed by atoms with Gasteiger partial charge in [-0.2, -0.15) is 0 Å². The molecule has 0 atom stereocenters. The van der Waals surface area contributed by atoms with Gasteiger partial charge in [-0.1, -0.05) is 0 Å². The Morgan fingerprint density at radius 2 is 0.600 bits per heavy atom. The maximum atomic E-state index is 11.0. The average molecular weight is 608 g/mol. The number of carbonyl (C=O) groups is 5. The Hall–Kier alpha value is 0.749. The maximum Gasteiger partial charge on any atom is 3.00 e. The zero-order valence-corrected chi connectivity index (χ0v) is 22.5. The van der Waals surface area contributed by atoms with E-state index < -0.39 is 62.6 Å². The number of hydrogen-bond donors (Lipinski definition) is 5. The van der Waals surface area contributed by atoms with E-state index >= 15 is 0 Å². The van der Waals surface area contributed by atoms with E-state index in [0.717, 1.165) is 9.80 Å². The minimum atomic E-state index is -1.24. The predicted molar refractivity (Wildman–Crippen MR) is 87.5 cm³/mol. The van der Waals surface area contributed by atoms with E-state index in [2.05, 4.69) is 0 Å². The Labute approximate surface area is 255 Å². The maximum absolute atomic E-state index is 11.0. The molecule has 16 heteroatoms. The quantitative estimate of drug-likeness (QED) is 0.104. The molecule has 0 fully saturated rings. The number of aliphatic carboxylic acids is 5. The van der Waals surface area contributed by atoms with Gasteiger partial charge in [-0.05, 0) is 0 Å². The van der Waals surface area contributed by atoms with Crippen molar-refractivity contribution < 1.29 is 156 Å². The Morgan fingerprint density at radius 1 is 0.433 bits per heavy atom. The summed E-state index contributed by atoms with van der Waals surface area (Å²) in [6.07, 6.45) is 0. The summed E-state index contributed by atoms with van der Waals surface area (Å²) in [5.41, 5.74) is 0. The van der Waals surface area contributed by atoms with Crippen LogP contribution in [0.4, 0.5) is 0 Å². The molecule has 0 aromatic heterocycles. The van der Waals surface area contributed by atoms with Crippen molar-refractivity contribution in [1.82, 2.24) is 14.7 Å². The Morgan fingerprint density at radius 3 is 0.800 bits per heavy atom. The fraction of sp³-hybridized carbons (Fsp3) is 0.643. The Kier molecular flexibility index (Phi) is 27.4. The van der Waals surface area contributed by atoms with Gasteiger partial charge in [0.25, 0.3) is 0 Å². The van der Waals surface area contributed by atoms with Gasteiger partial charge in [0.2, 0.25) is 0 Å². The van der Waals surface area contributed by atoms with Crippen LogP contribution in [0.2, 0.25) is 0 Å². The molecule has 30 heavy (non-hydrogen) atoms. The van der Waals surface area contributed by atoms with Crippen molar-refractivity contribution in [2.45, 2.75) is 0 Å². The van der Waals surface area contributed by atoms with Gasteiger partial charge in [-0.15, -0.1) is 0 Å². The van der Waals surface area contributed by atoms with Crippen molar-refractivity contribution in [3.05, 3.63) is 0 Å². The van der Waals surface area contributed by atoms with Crippen LogP contribution >= 0.6 is 0 Å². The minimum absolute atomic E-state index is 0. The molecule has 0 aromatic rings. The third-order valence-corrected chi connectivity index (χ3v) is 3.26. The van der Waals surface area contributed by atoms with Crippen molar-refractivity contribution in [3.8, 4) is 0 Å². The van der Waals surface area contributed by atoms with Crippen molar-refractivity contribution in [2.24, 2.45) is 0 Å². The molecule has 0 saturated carbocycles. The summed E-state index contributed by atoms with van der Waals surface area (Å²) in [6.45, 7) is -2.74. The first-order valence-electron chi connectivity index (χ1n) is 7.75. The van der Waals surface area contributed by atoms with E-state index in [-0.39, 0.29) is 132 Å². The molecule has 0 unspecified atom stereocenters. The van der Waals surface area contributed by atoms with E-state index in [0.29, 0.717) is 0 Å². The van der Waals surface area contributed by atoms with E-state index in [4.69, 9.17) is 25.5 Å². The Balaban J connectivity index is -0.00000113. The molecule has 0 aliphatic heterocycles. The molecule has 0 heterocycles. The molecule has 0 rings (SSSR count). The third-order valence-electron chi connectivity index (χ3n) is 3.26. The second-order valence-electron chi connectivity index (χ2n) is 5.67. The largest absolute Gasteiger partial charge is 3.00 e. The van der Waals surface area contributed by atoms with Crippen LogP contribution < -0.4 is 59.1 Å². The summed E-state index contributed by atoms with van der Waals surface area (Å²) >= 11 is 0. The summed E-state index contributed by atoms with van der Waals surface area (Å²) in [6, 6.07) is 0. The van der Waals surface area contributed by atoms with E-state index in [1.54, 1.807) is 0 Å². The van der Waals surface area contributed by atoms with Crippen LogP contribution in [0.3, 0.4) is 0 Å². The van der Waals surface area contributed by atoms with Crippen LogP contribution in [0, 0.1) is 46.9 Å². The number of carboxylic acid groups (broad SMARTS) is 5. The molecular formula is C14H23N3Na2O10Yb+5. The van der Waals surface area contributed by atoms with E-state index in [1.165, 1.54) is 4.90 Å². The first-order chi connectivity index (χ1) is 12.5. The average Bonchev–Trinajstić information content (AvgIpc) is 2.46. The van der Waals surface area contributed by atoms with Crippen molar-refractivity contribution in [1.29, 1.82) is 0 Å². The van der Waals surface area contributed by atoms with Gasteiger partial charge in [-0.25, -0.2) is 0 Å². The van der Waals surface area contributed by atoms with Crippen LogP contribution in [0.1, 0.15) is 0 Å². The molecule has 0 saturated heterocycles. The third kappa shape index (κ3) is 23.4. The van der Waals surface area contributed by atoms with Gasteiger partial charge in [0.05, 0.1) is 32.7 Å². The van der Waals surface area contributed by atoms with Crippen molar-refractivity contribution >= 4 is 29.8 Å². The fourth-order valence-electron chi connectivity index (χ4n) is 2.22. The summed E-state index contributed by atoms with van der Waals surface area (Å²) in [5, 5.41) is 44.1. The first-order valence-corrected chi connectivity index (χ1v) is 7.75. The molecule has 0 aliphatic rings. The topological polar surface area (TPSA) is 196 Å². The van der Waals surface area contributed by atoms with Gasteiger partial charge in [0.15, 0.2) is 0 Å². The zero-order chi connectivity index (χ0) is 21.0. The normalized spacial score (nSPS) is 9.97. The van der Waals surface area contributed by atoms with Crippen LogP contribution in [0.15, 0.2) is 0 Å². The van der Waals surface area contributed by atoms with Crippen molar-refractivity contribution in [2.75, 3.05) is 58.9 Å². The Bertz CT molecular complexity index is 498. The first kappa shape index (κ1) is 38.0. The fourth-order valence-corrected chi connectivity index (χ4v) is 2.22. The molecule has 0 bridgehead atoms. The molecule has 1 radical (unpaired) electrons. The number of hydrogen-bond acceptors (Lipinski definition) is 8. The minimum Gasteiger partial charge on any atom is -0.480 e. The number of rotatable bonds is 16. The van der Waals surface area contributed by atoms with E-state index in [9.17, 15) is 24.0 Å². The molecule has 165 valence electrons. The SMILES string of the molecule is O=C(O)CN(CCN(CC(=O)O)CC(=O)O)CCN(CC(=O)O)CC(=O)O.[169Yb+3].[Na+].[Na+].